The smallest absolute Gasteiger partial charge is 0.307 e. The van der Waals surface area contributed by atoms with Gasteiger partial charge in [0, 0.05) is 6.54 Å². The predicted octanol–water partition coefficient (Wildman–Crippen LogP) is 2.57. The minimum atomic E-state index is -1.71. The fourth-order valence-corrected chi connectivity index (χ4v) is 1.48. The zero-order chi connectivity index (χ0) is 15.8. The number of ether oxygens (including phenoxy) is 1. The highest BCUT2D eigenvalue weighted by Gasteiger charge is 2.18. The van der Waals surface area contributed by atoms with Crippen molar-refractivity contribution in [1.82, 2.24) is 5.32 Å². The van der Waals surface area contributed by atoms with Crippen LogP contribution in [0, 0.1) is 17.5 Å². The maximum Gasteiger partial charge on any atom is 0.307 e. The van der Waals surface area contributed by atoms with Gasteiger partial charge in [-0.25, -0.2) is 13.2 Å². The Kier molecular flexibility index (Phi) is 6.71. The third kappa shape index (κ3) is 5.09. The largest absolute Gasteiger partial charge is 0.466 e. The molecule has 0 atom stereocenters. The van der Waals surface area contributed by atoms with Crippen LogP contribution in [0.15, 0.2) is 12.1 Å². The Balaban J connectivity index is 2.44. The molecule has 0 fully saturated rings. The molecule has 0 radical (unpaired) electrons. The van der Waals surface area contributed by atoms with E-state index in [2.05, 4.69) is 5.32 Å². The average Bonchev–Trinajstić information content (AvgIpc) is 2.45. The van der Waals surface area contributed by atoms with Crippen LogP contribution in [-0.2, 0) is 9.53 Å². The molecule has 0 spiro atoms. The number of unbranched alkanes of at least 4 members (excludes halogenated alkanes) is 1. The summed E-state index contributed by atoms with van der Waals surface area (Å²) in [6, 6.07) is 1.50. The highest BCUT2D eigenvalue weighted by molar-refractivity contribution is 5.94. The molecule has 1 aromatic rings. The minimum Gasteiger partial charge on any atom is -0.466 e. The van der Waals surface area contributed by atoms with Crippen LogP contribution in [0.25, 0.3) is 0 Å². The Morgan fingerprint density at radius 3 is 2.57 bits per heavy atom. The Morgan fingerprint density at radius 2 is 1.90 bits per heavy atom. The van der Waals surface area contributed by atoms with Crippen molar-refractivity contribution < 1.29 is 27.5 Å². The Labute approximate surface area is 120 Å². The third-order valence-corrected chi connectivity index (χ3v) is 2.66. The quantitative estimate of drug-likeness (QED) is 0.478. The summed E-state index contributed by atoms with van der Waals surface area (Å²) in [5.74, 6) is -6.05. The van der Waals surface area contributed by atoms with Crippen molar-refractivity contribution in [2.45, 2.75) is 26.2 Å². The van der Waals surface area contributed by atoms with Crippen LogP contribution in [-0.4, -0.2) is 25.0 Å². The molecular weight excluding hydrogens is 287 g/mol. The van der Waals surface area contributed by atoms with Crippen LogP contribution < -0.4 is 5.32 Å². The summed E-state index contributed by atoms with van der Waals surface area (Å²) in [6.07, 6.45) is 1.55. The van der Waals surface area contributed by atoms with Gasteiger partial charge >= 0.3 is 5.97 Å². The number of hydrogen-bond donors (Lipinski definition) is 1. The minimum absolute atomic E-state index is 0.0811. The van der Waals surface area contributed by atoms with E-state index in [1.807, 2.05) is 6.92 Å². The van der Waals surface area contributed by atoms with E-state index in [0.717, 1.165) is 18.9 Å². The molecule has 0 aliphatic rings. The van der Waals surface area contributed by atoms with Gasteiger partial charge in [-0.3, -0.25) is 9.59 Å². The molecule has 1 N–H and O–H groups in total. The normalized spacial score (nSPS) is 10.3. The lowest BCUT2D eigenvalue weighted by atomic mass is 10.2. The molecule has 7 heteroatoms. The summed E-state index contributed by atoms with van der Waals surface area (Å²) in [6.45, 7) is 2.17. The number of carbonyl (C=O) groups excluding carboxylic acids is 2. The van der Waals surface area contributed by atoms with Crippen molar-refractivity contribution >= 4 is 11.9 Å². The number of rotatable bonds is 7. The van der Waals surface area contributed by atoms with E-state index in [1.165, 1.54) is 0 Å². The number of halogens is 3. The van der Waals surface area contributed by atoms with Gasteiger partial charge in [-0.1, -0.05) is 13.3 Å². The SMILES string of the molecule is CCCCOC(=O)CCNC(=O)c1ccc(F)c(F)c1F. The van der Waals surface area contributed by atoms with Gasteiger partial charge in [0.05, 0.1) is 18.6 Å². The molecular formula is C14H16F3NO3. The summed E-state index contributed by atoms with van der Waals surface area (Å²) in [5.41, 5.74) is -0.617. The predicted molar refractivity (Wildman–Crippen MR) is 69.1 cm³/mol. The lowest BCUT2D eigenvalue weighted by Gasteiger charge is -2.07. The molecule has 1 rings (SSSR count). The topological polar surface area (TPSA) is 55.4 Å². The fourth-order valence-electron chi connectivity index (χ4n) is 1.48. The highest BCUT2D eigenvalue weighted by Crippen LogP contribution is 2.14. The fraction of sp³-hybridized carbons (Fsp3) is 0.429. The molecule has 4 nitrogen and oxygen atoms in total. The van der Waals surface area contributed by atoms with E-state index in [1.54, 1.807) is 0 Å². The summed E-state index contributed by atoms with van der Waals surface area (Å²) < 4.78 is 43.9. The van der Waals surface area contributed by atoms with Crippen molar-refractivity contribution in [2.24, 2.45) is 0 Å². The van der Waals surface area contributed by atoms with Crippen LogP contribution in [0.5, 0.6) is 0 Å². The van der Waals surface area contributed by atoms with Crippen LogP contribution in [0.4, 0.5) is 13.2 Å². The van der Waals surface area contributed by atoms with Gasteiger partial charge in [0.15, 0.2) is 17.5 Å². The second kappa shape index (κ2) is 8.28. The molecule has 0 unspecified atom stereocenters. The van der Waals surface area contributed by atoms with Crippen LogP contribution >= 0.6 is 0 Å². The summed E-state index contributed by atoms with van der Waals surface area (Å²) >= 11 is 0. The van der Waals surface area contributed by atoms with Gasteiger partial charge in [0.1, 0.15) is 0 Å². The monoisotopic (exact) mass is 303 g/mol. The van der Waals surface area contributed by atoms with Gasteiger partial charge in [0.25, 0.3) is 5.91 Å². The van der Waals surface area contributed by atoms with Crippen molar-refractivity contribution in [3.05, 3.63) is 35.1 Å². The van der Waals surface area contributed by atoms with Gasteiger partial charge in [-0.05, 0) is 18.6 Å². The van der Waals surface area contributed by atoms with Gasteiger partial charge in [0.2, 0.25) is 0 Å². The van der Waals surface area contributed by atoms with Crippen molar-refractivity contribution in [3.63, 3.8) is 0 Å². The molecule has 0 bridgehead atoms. The lowest BCUT2D eigenvalue weighted by Crippen LogP contribution is -2.27. The zero-order valence-corrected chi connectivity index (χ0v) is 11.5. The van der Waals surface area contributed by atoms with Crippen LogP contribution in [0.2, 0.25) is 0 Å². The Morgan fingerprint density at radius 1 is 1.19 bits per heavy atom. The van der Waals surface area contributed by atoms with E-state index in [0.29, 0.717) is 12.7 Å². The van der Waals surface area contributed by atoms with Gasteiger partial charge in [-0.2, -0.15) is 0 Å². The lowest BCUT2D eigenvalue weighted by molar-refractivity contribution is -0.143. The van der Waals surface area contributed by atoms with Crippen LogP contribution in [0.3, 0.4) is 0 Å². The first-order valence-electron chi connectivity index (χ1n) is 6.54. The molecule has 1 amide bonds. The summed E-state index contributed by atoms with van der Waals surface area (Å²) in [5, 5.41) is 2.24. The van der Waals surface area contributed by atoms with Crippen molar-refractivity contribution in [3.8, 4) is 0 Å². The molecule has 0 aliphatic heterocycles. The van der Waals surface area contributed by atoms with E-state index < -0.39 is 34.9 Å². The molecule has 0 aromatic heterocycles. The molecule has 0 saturated carbocycles. The van der Waals surface area contributed by atoms with E-state index in [-0.39, 0.29) is 13.0 Å². The molecule has 1 aromatic carbocycles. The zero-order valence-electron chi connectivity index (χ0n) is 11.5. The number of nitrogens with one attached hydrogen (secondary N) is 1. The number of esters is 1. The van der Waals surface area contributed by atoms with Crippen molar-refractivity contribution in [1.29, 1.82) is 0 Å². The second-order valence-corrected chi connectivity index (χ2v) is 4.30. The number of hydrogen-bond acceptors (Lipinski definition) is 3. The Hall–Kier alpha value is -2.05. The van der Waals surface area contributed by atoms with Crippen LogP contribution in [0.1, 0.15) is 36.5 Å². The molecule has 21 heavy (non-hydrogen) atoms. The second-order valence-electron chi connectivity index (χ2n) is 4.30. The first-order chi connectivity index (χ1) is 9.97. The summed E-state index contributed by atoms with van der Waals surface area (Å²) in [7, 11) is 0. The molecule has 0 heterocycles. The Bertz CT molecular complexity index is 520. The molecule has 0 saturated heterocycles. The van der Waals surface area contributed by atoms with Gasteiger partial charge < -0.3 is 10.1 Å². The van der Waals surface area contributed by atoms with E-state index in [4.69, 9.17) is 4.74 Å². The highest BCUT2D eigenvalue weighted by atomic mass is 19.2. The number of amides is 1. The standard InChI is InChI=1S/C14H16F3NO3/c1-2-3-8-21-11(19)6-7-18-14(20)9-4-5-10(15)13(17)12(9)16/h4-5H,2-3,6-8H2,1H3,(H,18,20). The third-order valence-electron chi connectivity index (χ3n) is 2.66. The summed E-state index contributed by atoms with van der Waals surface area (Å²) in [4.78, 5) is 22.8. The first kappa shape index (κ1) is 17.0. The van der Waals surface area contributed by atoms with Gasteiger partial charge in [-0.15, -0.1) is 0 Å². The first-order valence-corrected chi connectivity index (χ1v) is 6.54. The average molecular weight is 303 g/mol. The molecule has 0 aliphatic carbocycles. The van der Waals surface area contributed by atoms with E-state index in [9.17, 15) is 22.8 Å². The maximum atomic E-state index is 13.3. The van der Waals surface area contributed by atoms with Crippen molar-refractivity contribution in [2.75, 3.05) is 13.2 Å². The van der Waals surface area contributed by atoms with E-state index >= 15 is 0 Å². The number of benzene rings is 1. The molecule has 116 valence electrons. The maximum absolute atomic E-state index is 13.3. The number of carbonyl (C=O) groups is 2.